The molecule has 140 valence electrons. The summed E-state index contributed by atoms with van der Waals surface area (Å²) in [5, 5.41) is 0. The molecule has 2 aromatic rings. The summed E-state index contributed by atoms with van der Waals surface area (Å²) in [5.41, 5.74) is 1.14. The van der Waals surface area contributed by atoms with Gasteiger partial charge >= 0.3 is 0 Å². The summed E-state index contributed by atoms with van der Waals surface area (Å²) in [5.74, 6) is -1.87. The summed E-state index contributed by atoms with van der Waals surface area (Å²) in [6.45, 7) is 6.44. The normalized spacial score (nSPS) is 15.9. The van der Waals surface area contributed by atoms with E-state index in [1.165, 1.54) is 0 Å². The van der Waals surface area contributed by atoms with Crippen LogP contribution >= 0.6 is 0 Å². The number of likely N-dealkylation sites (N-methyl/N-ethyl adjacent to an activating group) is 1. The Labute approximate surface area is 152 Å². The van der Waals surface area contributed by atoms with Gasteiger partial charge in [-0.2, -0.15) is 0 Å². The lowest BCUT2D eigenvalue weighted by Crippen LogP contribution is -2.46. The number of sulfonamides is 1. The van der Waals surface area contributed by atoms with E-state index in [0.717, 1.165) is 50.5 Å². The molecule has 0 spiro atoms. The number of nitrogens with one attached hydrogen (secondary N) is 1. The first-order chi connectivity index (χ1) is 12.4. The zero-order chi connectivity index (χ0) is 18.7. The van der Waals surface area contributed by atoms with E-state index >= 15 is 0 Å². The van der Waals surface area contributed by atoms with Crippen LogP contribution in [0.15, 0.2) is 47.4 Å². The van der Waals surface area contributed by atoms with Crippen LogP contribution in [0.3, 0.4) is 0 Å². The molecule has 1 saturated heterocycles. The lowest BCUT2D eigenvalue weighted by atomic mass is 10.2. The molecular weight excluding hydrogens is 360 g/mol. The van der Waals surface area contributed by atoms with E-state index in [9.17, 15) is 17.2 Å². The molecule has 8 heteroatoms. The first-order valence-electron chi connectivity index (χ1n) is 8.44. The molecule has 5 nitrogen and oxygen atoms in total. The molecule has 0 saturated carbocycles. The maximum atomic E-state index is 13.4. The Morgan fingerprint density at radius 1 is 1.00 bits per heavy atom. The van der Waals surface area contributed by atoms with Crippen LogP contribution in [-0.2, 0) is 10.0 Å². The summed E-state index contributed by atoms with van der Waals surface area (Å²) < 4.78 is 54.4. The van der Waals surface area contributed by atoms with Crippen LogP contribution in [0.4, 0.5) is 20.2 Å². The van der Waals surface area contributed by atoms with Crippen molar-refractivity contribution in [2.24, 2.45) is 0 Å². The minimum absolute atomic E-state index is 0.391. The monoisotopic (exact) mass is 381 g/mol. The first kappa shape index (κ1) is 18.6. The molecule has 1 aliphatic rings. The van der Waals surface area contributed by atoms with Crippen LogP contribution in [0.1, 0.15) is 6.92 Å². The molecule has 3 rings (SSSR count). The van der Waals surface area contributed by atoms with Crippen molar-refractivity contribution in [2.75, 3.05) is 42.3 Å². The predicted molar refractivity (Wildman–Crippen MR) is 97.9 cm³/mol. The van der Waals surface area contributed by atoms with Crippen LogP contribution < -0.4 is 9.62 Å². The van der Waals surface area contributed by atoms with Gasteiger partial charge in [0, 0.05) is 32.2 Å². The molecule has 0 unspecified atom stereocenters. The van der Waals surface area contributed by atoms with Crippen molar-refractivity contribution in [3.05, 3.63) is 54.1 Å². The summed E-state index contributed by atoms with van der Waals surface area (Å²) in [4.78, 5) is 3.98. The molecule has 26 heavy (non-hydrogen) atoms. The number of halogens is 2. The zero-order valence-corrected chi connectivity index (χ0v) is 15.3. The van der Waals surface area contributed by atoms with Crippen molar-refractivity contribution in [3.63, 3.8) is 0 Å². The molecule has 1 heterocycles. The highest BCUT2D eigenvalue weighted by molar-refractivity contribution is 7.92. The molecule has 0 amide bonds. The van der Waals surface area contributed by atoms with Gasteiger partial charge in [-0.05, 0) is 30.8 Å². The number of hydrogen-bond acceptors (Lipinski definition) is 4. The van der Waals surface area contributed by atoms with Crippen molar-refractivity contribution in [3.8, 4) is 0 Å². The van der Waals surface area contributed by atoms with Gasteiger partial charge in [0.2, 0.25) is 0 Å². The molecule has 2 aromatic carbocycles. The Bertz CT molecular complexity index is 862. The van der Waals surface area contributed by atoms with Crippen LogP contribution in [0.5, 0.6) is 0 Å². The molecule has 0 atom stereocenters. The second kappa shape index (κ2) is 7.59. The number of rotatable bonds is 5. The van der Waals surface area contributed by atoms with E-state index in [4.69, 9.17) is 0 Å². The fraction of sp³-hybridized carbons (Fsp3) is 0.333. The molecule has 0 aromatic heterocycles. The van der Waals surface area contributed by atoms with Gasteiger partial charge in [0.15, 0.2) is 0 Å². The molecule has 1 fully saturated rings. The molecule has 1 aliphatic heterocycles. The molecule has 0 bridgehead atoms. The maximum Gasteiger partial charge on any atom is 0.262 e. The summed E-state index contributed by atoms with van der Waals surface area (Å²) in [6.07, 6.45) is 0. The van der Waals surface area contributed by atoms with E-state index in [0.29, 0.717) is 11.8 Å². The van der Waals surface area contributed by atoms with Crippen LogP contribution in [0.2, 0.25) is 0 Å². The Balaban J connectivity index is 1.86. The summed E-state index contributed by atoms with van der Waals surface area (Å²) >= 11 is 0. The highest BCUT2D eigenvalue weighted by Gasteiger charge is 2.22. The van der Waals surface area contributed by atoms with E-state index in [1.54, 1.807) is 12.1 Å². The average Bonchev–Trinajstić information content (AvgIpc) is 2.61. The van der Waals surface area contributed by atoms with Gasteiger partial charge in [-0.25, -0.2) is 17.2 Å². The van der Waals surface area contributed by atoms with E-state index < -0.39 is 26.6 Å². The largest absolute Gasteiger partial charge is 0.367 e. The number of para-hydroxylation sites is 2. The minimum Gasteiger partial charge on any atom is -0.367 e. The van der Waals surface area contributed by atoms with Crippen molar-refractivity contribution in [2.45, 2.75) is 11.8 Å². The Hall–Kier alpha value is -2.19. The predicted octanol–water partition coefficient (Wildman–Crippen LogP) is 2.91. The van der Waals surface area contributed by atoms with Gasteiger partial charge < -0.3 is 9.80 Å². The third-order valence-electron chi connectivity index (χ3n) is 4.45. The third kappa shape index (κ3) is 4.13. The van der Waals surface area contributed by atoms with E-state index in [-0.39, 0.29) is 0 Å². The van der Waals surface area contributed by atoms with Crippen LogP contribution in [0.25, 0.3) is 0 Å². The second-order valence-corrected chi connectivity index (χ2v) is 7.83. The van der Waals surface area contributed by atoms with Crippen LogP contribution in [-0.4, -0.2) is 46.0 Å². The van der Waals surface area contributed by atoms with Gasteiger partial charge in [-0.1, -0.05) is 19.1 Å². The summed E-state index contributed by atoms with van der Waals surface area (Å²) in [6, 6.07) is 9.28. The number of piperazine rings is 1. The van der Waals surface area contributed by atoms with Crippen LogP contribution in [0, 0.1) is 11.6 Å². The highest BCUT2D eigenvalue weighted by atomic mass is 32.2. The number of nitrogens with zero attached hydrogens (tertiary/aromatic N) is 2. The molecular formula is C18H21F2N3O2S. The molecule has 1 N–H and O–H groups in total. The zero-order valence-electron chi connectivity index (χ0n) is 14.5. The minimum atomic E-state index is -4.10. The number of hydrogen-bond donors (Lipinski definition) is 1. The van der Waals surface area contributed by atoms with Gasteiger partial charge in [0.1, 0.15) is 11.6 Å². The third-order valence-corrected chi connectivity index (χ3v) is 5.80. The number of anilines is 2. The topological polar surface area (TPSA) is 52.6 Å². The second-order valence-electron chi connectivity index (χ2n) is 6.15. The van der Waals surface area contributed by atoms with Gasteiger partial charge in [0.05, 0.1) is 16.3 Å². The standard InChI is InChI=1S/C18H21F2N3O2S/c1-2-22-7-9-23(10-8-22)18-6-4-3-5-17(18)21-26(24,25)16-12-14(19)11-15(20)13-16/h3-6,11-13,21H,2,7-10H2,1H3. The Morgan fingerprint density at radius 2 is 1.62 bits per heavy atom. The van der Waals surface area contributed by atoms with Crippen molar-refractivity contribution < 1.29 is 17.2 Å². The maximum absolute atomic E-state index is 13.4. The Morgan fingerprint density at radius 3 is 2.23 bits per heavy atom. The van der Waals surface area contributed by atoms with Gasteiger partial charge in [-0.3, -0.25) is 4.72 Å². The van der Waals surface area contributed by atoms with Crippen molar-refractivity contribution in [1.82, 2.24) is 4.90 Å². The van der Waals surface area contributed by atoms with Gasteiger partial charge in [-0.15, -0.1) is 0 Å². The Kier molecular flexibility index (Phi) is 5.43. The fourth-order valence-electron chi connectivity index (χ4n) is 3.03. The van der Waals surface area contributed by atoms with E-state index in [1.807, 2.05) is 12.1 Å². The highest BCUT2D eigenvalue weighted by Crippen LogP contribution is 2.29. The average molecular weight is 381 g/mol. The van der Waals surface area contributed by atoms with E-state index in [2.05, 4.69) is 21.4 Å². The van der Waals surface area contributed by atoms with Crippen molar-refractivity contribution >= 4 is 21.4 Å². The smallest absolute Gasteiger partial charge is 0.262 e. The number of benzene rings is 2. The SMILES string of the molecule is CCN1CCN(c2ccccc2NS(=O)(=O)c2cc(F)cc(F)c2)CC1. The lowest BCUT2D eigenvalue weighted by Gasteiger charge is -2.36. The fourth-order valence-corrected chi connectivity index (χ4v) is 4.14. The lowest BCUT2D eigenvalue weighted by molar-refractivity contribution is 0.271. The van der Waals surface area contributed by atoms with Gasteiger partial charge in [0.25, 0.3) is 10.0 Å². The molecule has 0 aliphatic carbocycles. The first-order valence-corrected chi connectivity index (χ1v) is 9.92. The molecule has 0 radical (unpaired) electrons. The quantitative estimate of drug-likeness (QED) is 0.865. The summed E-state index contributed by atoms with van der Waals surface area (Å²) in [7, 11) is -4.10. The van der Waals surface area contributed by atoms with Crippen molar-refractivity contribution in [1.29, 1.82) is 0 Å².